The summed E-state index contributed by atoms with van der Waals surface area (Å²) in [5.74, 6) is 0.766. The van der Waals surface area contributed by atoms with Crippen molar-refractivity contribution in [1.29, 1.82) is 0 Å². The SMILES string of the molecule is CC(C)n1c(-c2cccc(C(=O)NCCN3CCOCC3)c2)nc2cccnc21. The average molecular weight is 393 g/mol. The molecule has 7 nitrogen and oxygen atoms in total. The molecule has 152 valence electrons. The zero-order valence-electron chi connectivity index (χ0n) is 17.0. The fraction of sp³-hybridized carbons (Fsp3) is 0.409. The summed E-state index contributed by atoms with van der Waals surface area (Å²) in [6.07, 6.45) is 1.78. The molecule has 2 aromatic heterocycles. The van der Waals surface area contributed by atoms with Crippen LogP contribution in [0.15, 0.2) is 42.6 Å². The number of hydrogen-bond donors (Lipinski definition) is 1. The Labute approximate surface area is 170 Å². The molecule has 3 aromatic rings. The van der Waals surface area contributed by atoms with Crippen LogP contribution in [0.25, 0.3) is 22.6 Å². The third kappa shape index (κ3) is 4.31. The number of carbonyl (C=O) groups is 1. The van der Waals surface area contributed by atoms with E-state index in [1.165, 1.54) is 0 Å². The number of carbonyl (C=O) groups excluding carboxylic acids is 1. The maximum absolute atomic E-state index is 12.7. The molecular weight excluding hydrogens is 366 g/mol. The van der Waals surface area contributed by atoms with Gasteiger partial charge in [0.25, 0.3) is 5.91 Å². The minimum absolute atomic E-state index is 0.0644. The molecule has 0 unspecified atom stereocenters. The lowest BCUT2D eigenvalue weighted by atomic mass is 10.1. The maximum atomic E-state index is 12.7. The van der Waals surface area contributed by atoms with Gasteiger partial charge in [0, 0.05) is 49.5 Å². The molecule has 0 bridgehead atoms. The van der Waals surface area contributed by atoms with Gasteiger partial charge in [0.05, 0.1) is 13.2 Å². The second kappa shape index (κ2) is 8.71. The van der Waals surface area contributed by atoms with Crippen molar-refractivity contribution in [2.24, 2.45) is 0 Å². The predicted molar refractivity (Wildman–Crippen MR) is 113 cm³/mol. The first-order valence-corrected chi connectivity index (χ1v) is 10.1. The average Bonchev–Trinajstić information content (AvgIpc) is 3.14. The summed E-state index contributed by atoms with van der Waals surface area (Å²) in [5.41, 5.74) is 3.27. The fourth-order valence-corrected chi connectivity index (χ4v) is 3.68. The zero-order chi connectivity index (χ0) is 20.2. The first-order chi connectivity index (χ1) is 14.1. The van der Waals surface area contributed by atoms with Crippen molar-refractivity contribution in [3.63, 3.8) is 0 Å². The van der Waals surface area contributed by atoms with Gasteiger partial charge in [0.15, 0.2) is 5.65 Å². The van der Waals surface area contributed by atoms with Crippen LogP contribution in [0.4, 0.5) is 0 Å². The maximum Gasteiger partial charge on any atom is 0.251 e. The number of pyridine rings is 1. The molecule has 4 rings (SSSR count). The van der Waals surface area contributed by atoms with E-state index >= 15 is 0 Å². The molecule has 1 fully saturated rings. The number of ether oxygens (including phenoxy) is 1. The fourth-order valence-electron chi connectivity index (χ4n) is 3.68. The third-order valence-electron chi connectivity index (χ3n) is 5.17. The van der Waals surface area contributed by atoms with E-state index in [2.05, 4.69) is 33.6 Å². The van der Waals surface area contributed by atoms with Crippen molar-refractivity contribution in [1.82, 2.24) is 24.8 Å². The Balaban J connectivity index is 1.52. The van der Waals surface area contributed by atoms with Crippen LogP contribution in [0.3, 0.4) is 0 Å². The lowest BCUT2D eigenvalue weighted by Gasteiger charge is -2.26. The summed E-state index contributed by atoms with van der Waals surface area (Å²) in [7, 11) is 0. The van der Waals surface area contributed by atoms with Gasteiger partial charge >= 0.3 is 0 Å². The Hall–Kier alpha value is -2.77. The summed E-state index contributed by atoms with van der Waals surface area (Å²) in [6, 6.07) is 11.7. The number of benzene rings is 1. The van der Waals surface area contributed by atoms with Gasteiger partial charge in [-0.05, 0) is 38.1 Å². The topological polar surface area (TPSA) is 72.3 Å². The van der Waals surface area contributed by atoms with Crippen molar-refractivity contribution in [3.8, 4) is 11.4 Å². The summed E-state index contributed by atoms with van der Waals surface area (Å²) in [6.45, 7) is 9.06. The molecule has 0 radical (unpaired) electrons. The number of rotatable bonds is 6. The number of nitrogens with zero attached hydrogens (tertiary/aromatic N) is 4. The zero-order valence-corrected chi connectivity index (χ0v) is 17.0. The first kappa shape index (κ1) is 19.5. The number of fused-ring (bicyclic) bond motifs is 1. The molecule has 1 saturated heterocycles. The number of hydrogen-bond acceptors (Lipinski definition) is 5. The van der Waals surface area contributed by atoms with Crippen LogP contribution in [0.2, 0.25) is 0 Å². The van der Waals surface area contributed by atoms with Gasteiger partial charge < -0.3 is 14.6 Å². The molecule has 0 saturated carbocycles. The molecule has 1 aliphatic heterocycles. The quantitative estimate of drug-likeness (QED) is 0.697. The minimum atomic E-state index is -0.0644. The highest BCUT2D eigenvalue weighted by Gasteiger charge is 2.17. The van der Waals surface area contributed by atoms with Crippen LogP contribution in [-0.4, -0.2) is 64.7 Å². The monoisotopic (exact) mass is 393 g/mol. The number of morpholine rings is 1. The van der Waals surface area contributed by atoms with Crippen molar-refractivity contribution in [3.05, 3.63) is 48.2 Å². The van der Waals surface area contributed by atoms with E-state index < -0.39 is 0 Å². The van der Waals surface area contributed by atoms with E-state index in [9.17, 15) is 4.79 Å². The van der Waals surface area contributed by atoms with Crippen LogP contribution in [-0.2, 0) is 4.74 Å². The molecule has 1 amide bonds. The standard InChI is InChI=1S/C22H27N5O2/c1-16(2)27-20(25-19-7-4-8-23-21(19)27)17-5-3-6-18(15-17)22(28)24-9-10-26-11-13-29-14-12-26/h3-8,15-16H,9-14H2,1-2H3,(H,24,28). The molecule has 1 aromatic carbocycles. The van der Waals surface area contributed by atoms with E-state index in [0.29, 0.717) is 12.1 Å². The summed E-state index contributed by atoms with van der Waals surface area (Å²) in [4.78, 5) is 24.2. The highest BCUT2D eigenvalue weighted by atomic mass is 16.5. The molecule has 1 aliphatic rings. The minimum Gasteiger partial charge on any atom is -0.379 e. The largest absolute Gasteiger partial charge is 0.379 e. The molecule has 3 heterocycles. The normalized spacial score (nSPS) is 15.1. The Bertz CT molecular complexity index is 992. The van der Waals surface area contributed by atoms with E-state index in [-0.39, 0.29) is 11.9 Å². The third-order valence-corrected chi connectivity index (χ3v) is 5.17. The molecule has 29 heavy (non-hydrogen) atoms. The van der Waals surface area contributed by atoms with Crippen LogP contribution < -0.4 is 5.32 Å². The molecule has 0 spiro atoms. The van der Waals surface area contributed by atoms with Crippen LogP contribution >= 0.6 is 0 Å². The van der Waals surface area contributed by atoms with Gasteiger partial charge in [0.1, 0.15) is 11.3 Å². The van der Waals surface area contributed by atoms with Crippen molar-refractivity contribution in [2.45, 2.75) is 19.9 Å². The molecular formula is C22H27N5O2. The molecule has 0 aliphatic carbocycles. The van der Waals surface area contributed by atoms with Crippen molar-refractivity contribution in [2.75, 3.05) is 39.4 Å². The van der Waals surface area contributed by atoms with Gasteiger partial charge in [-0.2, -0.15) is 0 Å². The second-order valence-electron chi connectivity index (χ2n) is 7.54. The summed E-state index contributed by atoms with van der Waals surface area (Å²) < 4.78 is 7.47. The second-order valence-corrected chi connectivity index (χ2v) is 7.54. The molecule has 1 N–H and O–H groups in total. The molecule has 0 atom stereocenters. The van der Waals surface area contributed by atoms with E-state index in [1.54, 1.807) is 6.20 Å². The van der Waals surface area contributed by atoms with E-state index in [0.717, 1.165) is 55.4 Å². The van der Waals surface area contributed by atoms with Crippen molar-refractivity contribution < 1.29 is 9.53 Å². The first-order valence-electron chi connectivity index (χ1n) is 10.1. The highest BCUT2D eigenvalue weighted by molar-refractivity contribution is 5.95. The molecule has 7 heteroatoms. The van der Waals surface area contributed by atoms with Gasteiger partial charge in [-0.3, -0.25) is 9.69 Å². The predicted octanol–water partition coefficient (Wildman–Crippen LogP) is 2.74. The Morgan fingerprint density at radius 1 is 1.21 bits per heavy atom. The van der Waals surface area contributed by atoms with Gasteiger partial charge in [-0.15, -0.1) is 0 Å². The van der Waals surface area contributed by atoms with Gasteiger partial charge in [-0.25, -0.2) is 9.97 Å². The van der Waals surface area contributed by atoms with Gasteiger partial charge in [0.2, 0.25) is 0 Å². The van der Waals surface area contributed by atoms with Crippen LogP contribution in [0.5, 0.6) is 0 Å². The summed E-state index contributed by atoms with van der Waals surface area (Å²) >= 11 is 0. The van der Waals surface area contributed by atoms with Crippen LogP contribution in [0.1, 0.15) is 30.2 Å². The summed E-state index contributed by atoms with van der Waals surface area (Å²) in [5, 5.41) is 3.03. The Morgan fingerprint density at radius 3 is 2.83 bits per heavy atom. The Morgan fingerprint density at radius 2 is 2.03 bits per heavy atom. The van der Waals surface area contributed by atoms with Gasteiger partial charge in [-0.1, -0.05) is 12.1 Å². The van der Waals surface area contributed by atoms with E-state index in [1.807, 2.05) is 36.4 Å². The number of aromatic nitrogens is 3. The Kier molecular flexibility index (Phi) is 5.87. The van der Waals surface area contributed by atoms with Crippen molar-refractivity contribution >= 4 is 17.1 Å². The van der Waals surface area contributed by atoms with E-state index in [4.69, 9.17) is 9.72 Å². The highest BCUT2D eigenvalue weighted by Crippen LogP contribution is 2.27. The number of imidazole rings is 1. The number of amides is 1. The number of nitrogens with one attached hydrogen (secondary N) is 1. The lowest BCUT2D eigenvalue weighted by Crippen LogP contribution is -2.41. The van der Waals surface area contributed by atoms with Crippen LogP contribution in [0, 0.1) is 0 Å². The smallest absolute Gasteiger partial charge is 0.251 e. The lowest BCUT2D eigenvalue weighted by molar-refractivity contribution is 0.0383.